The molecule has 1 aliphatic heterocycles. The van der Waals surface area contributed by atoms with Crippen molar-refractivity contribution >= 4 is 0 Å². The lowest BCUT2D eigenvalue weighted by Gasteiger charge is -2.54. The highest BCUT2D eigenvalue weighted by molar-refractivity contribution is 5.05. The van der Waals surface area contributed by atoms with Gasteiger partial charge in [0, 0.05) is 31.2 Å². The van der Waals surface area contributed by atoms with Gasteiger partial charge in [-0.2, -0.15) is 0 Å². The molecule has 2 rings (SSSR count). The molecule has 4 unspecified atom stereocenters. The minimum absolute atomic E-state index is 0.0609. The largest absolute Gasteiger partial charge is 0.378 e. The van der Waals surface area contributed by atoms with Gasteiger partial charge in [0.25, 0.3) is 0 Å². The lowest BCUT2D eigenvalue weighted by atomic mass is 9.61. The van der Waals surface area contributed by atoms with Crippen LogP contribution in [0.5, 0.6) is 0 Å². The fourth-order valence-electron chi connectivity index (χ4n) is 3.38. The van der Waals surface area contributed by atoms with Crippen LogP contribution in [0.2, 0.25) is 0 Å². The molecule has 0 spiro atoms. The minimum atomic E-state index is 0.0609. The molecule has 3 heteroatoms. The number of rotatable bonds is 6. The monoisotopic (exact) mass is 255 g/mol. The molecule has 0 aromatic rings. The van der Waals surface area contributed by atoms with E-state index in [0.29, 0.717) is 17.6 Å². The Morgan fingerprint density at radius 2 is 2.11 bits per heavy atom. The molecule has 0 aromatic carbocycles. The Labute approximate surface area is 112 Å². The summed E-state index contributed by atoms with van der Waals surface area (Å²) < 4.78 is 11.7. The van der Waals surface area contributed by atoms with E-state index in [0.717, 1.165) is 26.2 Å². The van der Waals surface area contributed by atoms with Crippen molar-refractivity contribution in [2.24, 2.45) is 5.41 Å². The van der Waals surface area contributed by atoms with E-state index in [2.05, 4.69) is 33.0 Å². The summed E-state index contributed by atoms with van der Waals surface area (Å²) in [4.78, 5) is 0. The highest BCUT2D eigenvalue weighted by atomic mass is 16.5. The molecule has 1 saturated heterocycles. The van der Waals surface area contributed by atoms with Crippen molar-refractivity contribution in [1.82, 2.24) is 5.32 Å². The predicted molar refractivity (Wildman–Crippen MR) is 73.8 cm³/mol. The number of ether oxygens (including phenoxy) is 2. The van der Waals surface area contributed by atoms with Gasteiger partial charge in [-0.15, -0.1) is 0 Å². The maximum atomic E-state index is 5.84. The van der Waals surface area contributed by atoms with E-state index < -0.39 is 0 Å². The second-order valence-electron chi connectivity index (χ2n) is 6.37. The first kappa shape index (κ1) is 14.3. The Morgan fingerprint density at radius 3 is 2.67 bits per heavy atom. The predicted octanol–water partition coefficient (Wildman–Crippen LogP) is 2.74. The van der Waals surface area contributed by atoms with E-state index in [9.17, 15) is 0 Å². The molecule has 0 bridgehead atoms. The van der Waals surface area contributed by atoms with Gasteiger partial charge in [-0.25, -0.2) is 0 Å². The molecule has 1 aliphatic carbocycles. The molecule has 1 saturated carbocycles. The van der Waals surface area contributed by atoms with Crippen LogP contribution in [-0.4, -0.2) is 37.5 Å². The SMILES string of the molecule is CCOC1CC(NCC2(C)CCCO2)C1(C)CC. The zero-order chi connectivity index (χ0) is 13.2. The Balaban J connectivity index is 1.83. The van der Waals surface area contributed by atoms with Crippen LogP contribution in [0.4, 0.5) is 0 Å². The summed E-state index contributed by atoms with van der Waals surface area (Å²) in [5.74, 6) is 0. The first-order valence-corrected chi connectivity index (χ1v) is 7.53. The van der Waals surface area contributed by atoms with Crippen LogP contribution >= 0.6 is 0 Å². The lowest BCUT2D eigenvalue weighted by molar-refractivity contribution is -0.129. The molecule has 4 atom stereocenters. The van der Waals surface area contributed by atoms with Gasteiger partial charge in [0.15, 0.2) is 0 Å². The molecule has 2 aliphatic rings. The summed E-state index contributed by atoms with van der Waals surface area (Å²) in [6, 6.07) is 0.583. The van der Waals surface area contributed by atoms with Crippen molar-refractivity contribution in [2.75, 3.05) is 19.8 Å². The van der Waals surface area contributed by atoms with Gasteiger partial charge >= 0.3 is 0 Å². The van der Waals surface area contributed by atoms with Gasteiger partial charge in [0.1, 0.15) is 0 Å². The molecule has 18 heavy (non-hydrogen) atoms. The number of hydrogen-bond acceptors (Lipinski definition) is 3. The van der Waals surface area contributed by atoms with E-state index in [-0.39, 0.29) is 5.60 Å². The highest BCUT2D eigenvalue weighted by Gasteiger charge is 2.51. The zero-order valence-corrected chi connectivity index (χ0v) is 12.4. The fraction of sp³-hybridized carbons (Fsp3) is 1.00. The van der Waals surface area contributed by atoms with E-state index >= 15 is 0 Å². The van der Waals surface area contributed by atoms with Crippen LogP contribution in [0.3, 0.4) is 0 Å². The van der Waals surface area contributed by atoms with Gasteiger partial charge < -0.3 is 14.8 Å². The Bertz CT molecular complexity index is 276. The van der Waals surface area contributed by atoms with Crippen LogP contribution in [0.25, 0.3) is 0 Å². The third kappa shape index (κ3) is 2.59. The van der Waals surface area contributed by atoms with Crippen LogP contribution < -0.4 is 5.32 Å². The molecule has 0 amide bonds. The van der Waals surface area contributed by atoms with Gasteiger partial charge in [0.05, 0.1) is 11.7 Å². The standard InChI is InChI=1S/C15H29NO2/c1-5-15(4)12(10-13(15)17-6-2)16-11-14(3)8-7-9-18-14/h12-13,16H,5-11H2,1-4H3. The first-order valence-electron chi connectivity index (χ1n) is 7.53. The Kier molecular flexibility index (Phi) is 4.35. The third-order valence-corrected chi connectivity index (χ3v) is 5.13. The molecule has 1 heterocycles. The number of hydrogen-bond donors (Lipinski definition) is 1. The van der Waals surface area contributed by atoms with E-state index in [4.69, 9.17) is 9.47 Å². The van der Waals surface area contributed by atoms with Crippen molar-refractivity contribution in [2.45, 2.75) is 71.1 Å². The van der Waals surface area contributed by atoms with Crippen molar-refractivity contribution in [3.8, 4) is 0 Å². The van der Waals surface area contributed by atoms with Crippen LogP contribution in [0.1, 0.15) is 53.4 Å². The molecule has 106 valence electrons. The number of nitrogens with one attached hydrogen (secondary N) is 1. The average Bonchev–Trinajstić information content (AvgIpc) is 2.79. The molecule has 1 N–H and O–H groups in total. The quantitative estimate of drug-likeness (QED) is 0.791. The summed E-state index contributed by atoms with van der Waals surface area (Å²) in [6.45, 7) is 11.7. The Morgan fingerprint density at radius 1 is 1.33 bits per heavy atom. The molecule has 2 fully saturated rings. The summed E-state index contributed by atoms with van der Waals surface area (Å²) in [7, 11) is 0. The summed E-state index contributed by atoms with van der Waals surface area (Å²) in [5, 5.41) is 3.73. The van der Waals surface area contributed by atoms with E-state index in [1.165, 1.54) is 19.3 Å². The summed E-state index contributed by atoms with van der Waals surface area (Å²) in [5.41, 5.74) is 0.357. The second kappa shape index (κ2) is 5.48. The van der Waals surface area contributed by atoms with Crippen molar-refractivity contribution in [3.63, 3.8) is 0 Å². The second-order valence-corrected chi connectivity index (χ2v) is 6.37. The molecular weight excluding hydrogens is 226 g/mol. The normalized spacial score (nSPS) is 44.0. The lowest BCUT2D eigenvalue weighted by Crippen LogP contribution is -2.63. The van der Waals surface area contributed by atoms with Crippen LogP contribution in [0, 0.1) is 5.41 Å². The molecular formula is C15H29NO2. The van der Waals surface area contributed by atoms with Crippen LogP contribution in [0.15, 0.2) is 0 Å². The van der Waals surface area contributed by atoms with Crippen molar-refractivity contribution in [1.29, 1.82) is 0 Å². The maximum absolute atomic E-state index is 5.84. The highest BCUT2D eigenvalue weighted by Crippen LogP contribution is 2.46. The Hall–Kier alpha value is -0.120. The summed E-state index contributed by atoms with van der Waals surface area (Å²) >= 11 is 0. The smallest absolute Gasteiger partial charge is 0.0779 e. The third-order valence-electron chi connectivity index (χ3n) is 5.13. The van der Waals surface area contributed by atoms with E-state index in [1.54, 1.807) is 0 Å². The van der Waals surface area contributed by atoms with Gasteiger partial charge in [0.2, 0.25) is 0 Å². The average molecular weight is 255 g/mol. The van der Waals surface area contributed by atoms with Gasteiger partial charge in [-0.1, -0.05) is 13.8 Å². The first-order chi connectivity index (χ1) is 8.54. The molecule has 0 radical (unpaired) electrons. The maximum Gasteiger partial charge on any atom is 0.0779 e. The van der Waals surface area contributed by atoms with Crippen molar-refractivity contribution < 1.29 is 9.47 Å². The zero-order valence-electron chi connectivity index (χ0n) is 12.4. The molecule has 3 nitrogen and oxygen atoms in total. The molecule has 0 aromatic heterocycles. The minimum Gasteiger partial charge on any atom is -0.378 e. The fourth-order valence-corrected chi connectivity index (χ4v) is 3.38. The van der Waals surface area contributed by atoms with Gasteiger partial charge in [-0.05, 0) is 39.5 Å². The summed E-state index contributed by atoms with van der Waals surface area (Å²) in [6.07, 6.45) is 5.14. The van der Waals surface area contributed by atoms with Crippen LogP contribution in [-0.2, 0) is 9.47 Å². The van der Waals surface area contributed by atoms with Gasteiger partial charge in [-0.3, -0.25) is 0 Å². The van der Waals surface area contributed by atoms with Crippen molar-refractivity contribution in [3.05, 3.63) is 0 Å². The van der Waals surface area contributed by atoms with E-state index in [1.807, 2.05) is 0 Å². The topological polar surface area (TPSA) is 30.5 Å².